The largest absolute Gasteiger partial charge is 0.324 e. The fourth-order valence-electron chi connectivity index (χ4n) is 2.23. The van der Waals surface area contributed by atoms with E-state index in [2.05, 4.69) is 9.97 Å². The summed E-state index contributed by atoms with van der Waals surface area (Å²) in [4.78, 5) is 10.2. The zero-order chi connectivity index (χ0) is 11.7. The van der Waals surface area contributed by atoms with E-state index in [1.165, 1.54) is 28.4 Å². The summed E-state index contributed by atoms with van der Waals surface area (Å²) in [7, 11) is 0. The molecule has 2 aromatic heterocycles. The zero-order valence-corrected chi connectivity index (χ0v) is 10.4. The van der Waals surface area contributed by atoms with Gasteiger partial charge in [0.2, 0.25) is 0 Å². The van der Waals surface area contributed by atoms with Crippen molar-refractivity contribution in [2.24, 2.45) is 5.73 Å². The van der Waals surface area contributed by atoms with Crippen LogP contribution in [0.1, 0.15) is 33.6 Å². The number of aryl methyl sites for hydroxylation is 2. The molecule has 88 valence electrons. The fraction of sp³-hybridized carbons (Fsp3) is 0.385. The molecule has 0 saturated carbocycles. The van der Waals surface area contributed by atoms with Crippen LogP contribution in [0, 0.1) is 0 Å². The maximum atomic E-state index is 6.17. The summed E-state index contributed by atoms with van der Waals surface area (Å²) in [5.41, 5.74) is 8.57. The molecule has 0 amide bonds. The van der Waals surface area contributed by atoms with Gasteiger partial charge < -0.3 is 5.73 Å². The first kappa shape index (κ1) is 10.9. The van der Waals surface area contributed by atoms with Gasteiger partial charge in [-0.25, -0.2) is 4.98 Å². The average molecular weight is 245 g/mol. The average Bonchev–Trinajstić information content (AvgIpc) is 2.90. The van der Waals surface area contributed by atoms with Gasteiger partial charge in [0.25, 0.3) is 0 Å². The van der Waals surface area contributed by atoms with E-state index in [0.717, 1.165) is 18.4 Å². The summed E-state index contributed by atoms with van der Waals surface area (Å²) >= 11 is 1.83. The predicted octanol–water partition coefficient (Wildman–Crippen LogP) is 2.27. The highest BCUT2D eigenvalue weighted by atomic mass is 32.1. The number of hydrogen-bond acceptors (Lipinski definition) is 4. The third-order valence-corrected chi connectivity index (χ3v) is 4.33. The molecular formula is C13H15N3S. The number of pyridine rings is 1. The first-order valence-corrected chi connectivity index (χ1v) is 6.77. The molecule has 0 spiro atoms. The van der Waals surface area contributed by atoms with E-state index < -0.39 is 0 Å². The monoisotopic (exact) mass is 245 g/mol. The molecule has 1 aliphatic rings. The van der Waals surface area contributed by atoms with Crippen LogP contribution in [0.4, 0.5) is 0 Å². The molecule has 0 saturated heterocycles. The third kappa shape index (κ3) is 2.23. The molecule has 17 heavy (non-hydrogen) atoms. The van der Waals surface area contributed by atoms with Crippen LogP contribution >= 0.6 is 11.3 Å². The quantitative estimate of drug-likeness (QED) is 0.902. The zero-order valence-electron chi connectivity index (χ0n) is 9.60. The minimum absolute atomic E-state index is 0.00924. The highest BCUT2D eigenvalue weighted by Crippen LogP contribution is 2.29. The second kappa shape index (κ2) is 4.55. The first-order valence-electron chi connectivity index (χ1n) is 5.96. The molecule has 2 N–H and O–H groups in total. The second-order valence-electron chi connectivity index (χ2n) is 4.43. The Morgan fingerprint density at radius 3 is 3.12 bits per heavy atom. The van der Waals surface area contributed by atoms with Crippen molar-refractivity contribution in [1.29, 1.82) is 0 Å². The Balaban J connectivity index is 1.74. The Kier molecular flexibility index (Phi) is 2.91. The molecule has 0 fully saturated rings. The molecule has 4 heteroatoms. The van der Waals surface area contributed by atoms with Gasteiger partial charge in [-0.05, 0) is 30.9 Å². The Labute approximate surface area is 105 Å². The van der Waals surface area contributed by atoms with E-state index in [-0.39, 0.29) is 6.04 Å². The summed E-state index contributed by atoms with van der Waals surface area (Å²) in [5, 5.41) is 1.17. The Morgan fingerprint density at radius 1 is 1.41 bits per heavy atom. The molecule has 2 heterocycles. The maximum absolute atomic E-state index is 6.17. The van der Waals surface area contributed by atoms with Gasteiger partial charge in [-0.2, -0.15) is 0 Å². The molecule has 2 aromatic rings. The number of aromatic nitrogens is 2. The molecule has 1 atom stereocenters. The lowest BCUT2D eigenvalue weighted by atomic mass is 10.1. The Bertz CT molecular complexity index is 485. The van der Waals surface area contributed by atoms with Crippen LogP contribution in [0.25, 0.3) is 0 Å². The molecule has 1 aliphatic carbocycles. The van der Waals surface area contributed by atoms with E-state index in [1.54, 1.807) is 6.20 Å². The molecule has 0 aliphatic heterocycles. The number of fused-ring (bicyclic) bond motifs is 1. The van der Waals surface area contributed by atoms with Crippen LogP contribution in [0.5, 0.6) is 0 Å². The van der Waals surface area contributed by atoms with E-state index in [9.17, 15) is 0 Å². The lowest BCUT2D eigenvalue weighted by Crippen LogP contribution is -2.13. The van der Waals surface area contributed by atoms with Crippen molar-refractivity contribution in [1.82, 2.24) is 9.97 Å². The second-order valence-corrected chi connectivity index (χ2v) is 5.60. The van der Waals surface area contributed by atoms with E-state index in [4.69, 9.17) is 5.73 Å². The summed E-state index contributed by atoms with van der Waals surface area (Å²) in [6, 6.07) is 3.96. The number of nitrogens with zero attached hydrogens (tertiary/aromatic N) is 2. The number of nitrogens with two attached hydrogens (primary N) is 1. The van der Waals surface area contributed by atoms with Crippen molar-refractivity contribution in [3.63, 3.8) is 0 Å². The van der Waals surface area contributed by atoms with Crippen LogP contribution in [-0.4, -0.2) is 9.97 Å². The standard InChI is InChI=1S/C13H15N3S/c14-10(9-3-2-6-15-8-9)7-13-16-11-4-1-5-12(11)17-13/h2-3,6,8,10H,1,4-5,7,14H2. The van der Waals surface area contributed by atoms with Crippen molar-refractivity contribution in [2.45, 2.75) is 31.7 Å². The lowest BCUT2D eigenvalue weighted by Gasteiger charge is -2.09. The van der Waals surface area contributed by atoms with Crippen LogP contribution in [0.3, 0.4) is 0 Å². The first-order chi connectivity index (χ1) is 8.33. The van der Waals surface area contributed by atoms with E-state index in [1.807, 2.05) is 29.7 Å². The lowest BCUT2D eigenvalue weighted by molar-refractivity contribution is 0.711. The topological polar surface area (TPSA) is 51.8 Å². The molecule has 1 unspecified atom stereocenters. The molecule has 0 aromatic carbocycles. The summed E-state index contributed by atoms with van der Waals surface area (Å²) in [5.74, 6) is 0. The van der Waals surface area contributed by atoms with Crippen molar-refractivity contribution < 1.29 is 0 Å². The van der Waals surface area contributed by atoms with Gasteiger partial charge in [-0.15, -0.1) is 11.3 Å². The highest BCUT2D eigenvalue weighted by Gasteiger charge is 2.18. The van der Waals surface area contributed by atoms with Crippen molar-refractivity contribution in [2.75, 3.05) is 0 Å². The van der Waals surface area contributed by atoms with Gasteiger partial charge in [0.05, 0.1) is 10.7 Å². The molecule has 0 radical (unpaired) electrons. The maximum Gasteiger partial charge on any atom is 0.0950 e. The minimum atomic E-state index is 0.00924. The van der Waals surface area contributed by atoms with Gasteiger partial charge in [-0.3, -0.25) is 4.98 Å². The van der Waals surface area contributed by atoms with Gasteiger partial charge >= 0.3 is 0 Å². The predicted molar refractivity (Wildman–Crippen MR) is 69.0 cm³/mol. The number of thiazole rings is 1. The summed E-state index contributed by atoms with van der Waals surface area (Å²) < 4.78 is 0. The van der Waals surface area contributed by atoms with Crippen molar-refractivity contribution in [3.8, 4) is 0 Å². The third-order valence-electron chi connectivity index (χ3n) is 3.15. The molecule has 3 rings (SSSR count). The summed E-state index contributed by atoms with van der Waals surface area (Å²) in [6.07, 6.45) is 8.05. The van der Waals surface area contributed by atoms with Crippen LogP contribution in [0.2, 0.25) is 0 Å². The SMILES string of the molecule is NC(Cc1nc2c(s1)CCC2)c1cccnc1. The Hall–Kier alpha value is -1.26. The molecule has 3 nitrogen and oxygen atoms in total. The van der Waals surface area contributed by atoms with Crippen LogP contribution in [-0.2, 0) is 19.3 Å². The van der Waals surface area contributed by atoms with E-state index in [0.29, 0.717) is 0 Å². The van der Waals surface area contributed by atoms with Gasteiger partial charge in [0, 0.05) is 29.7 Å². The normalized spacial score (nSPS) is 15.8. The minimum Gasteiger partial charge on any atom is -0.324 e. The molecule has 0 bridgehead atoms. The highest BCUT2D eigenvalue weighted by molar-refractivity contribution is 7.11. The van der Waals surface area contributed by atoms with Crippen LogP contribution < -0.4 is 5.73 Å². The number of rotatable bonds is 3. The van der Waals surface area contributed by atoms with Gasteiger partial charge in [-0.1, -0.05) is 6.07 Å². The fourth-order valence-corrected chi connectivity index (χ4v) is 3.45. The van der Waals surface area contributed by atoms with E-state index >= 15 is 0 Å². The smallest absolute Gasteiger partial charge is 0.0950 e. The van der Waals surface area contributed by atoms with Crippen molar-refractivity contribution >= 4 is 11.3 Å². The van der Waals surface area contributed by atoms with Crippen LogP contribution in [0.15, 0.2) is 24.5 Å². The van der Waals surface area contributed by atoms with Gasteiger partial charge in [0.15, 0.2) is 0 Å². The Morgan fingerprint density at radius 2 is 2.35 bits per heavy atom. The number of hydrogen-bond donors (Lipinski definition) is 1. The summed E-state index contributed by atoms with van der Waals surface area (Å²) in [6.45, 7) is 0. The molecular weight excluding hydrogens is 230 g/mol. The van der Waals surface area contributed by atoms with Gasteiger partial charge in [0.1, 0.15) is 0 Å². The van der Waals surface area contributed by atoms with Crippen molar-refractivity contribution in [3.05, 3.63) is 45.7 Å².